The minimum atomic E-state index is -0.790. The maximum atomic E-state index is 12.8. The molecule has 1 amide bonds. The highest BCUT2D eigenvalue weighted by Crippen LogP contribution is 2.34. The molecule has 4 atom stereocenters. The number of likely N-dealkylation sites (N-methyl/N-ethyl adjacent to an activating group) is 1. The molecule has 4 unspecified atom stereocenters. The van der Waals surface area contributed by atoms with Gasteiger partial charge in [0.15, 0.2) is 0 Å². The number of nitrogens with zero attached hydrogens (tertiary/aromatic N) is 2. The summed E-state index contributed by atoms with van der Waals surface area (Å²) in [4.78, 5) is 28.7. The van der Waals surface area contributed by atoms with E-state index in [0.717, 1.165) is 45.2 Å². The highest BCUT2D eigenvalue weighted by molar-refractivity contribution is 5.85. The van der Waals surface area contributed by atoms with E-state index in [4.69, 9.17) is 0 Å². The van der Waals surface area contributed by atoms with Gasteiger partial charge in [0.05, 0.1) is 11.8 Å². The van der Waals surface area contributed by atoms with E-state index in [-0.39, 0.29) is 11.8 Å². The summed E-state index contributed by atoms with van der Waals surface area (Å²) in [5, 5.41) is 9.38. The van der Waals surface area contributed by atoms with Crippen LogP contribution in [0.25, 0.3) is 0 Å². The lowest BCUT2D eigenvalue weighted by Crippen LogP contribution is -2.46. The van der Waals surface area contributed by atoms with E-state index in [9.17, 15) is 14.7 Å². The van der Waals surface area contributed by atoms with Crippen LogP contribution < -0.4 is 0 Å². The lowest BCUT2D eigenvalue weighted by atomic mass is 9.78. The summed E-state index contributed by atoms with van der Waals surface area (Å²) < 4.78 is 0. The van der Waals surface area contributed by atoms with Crippen molar-refractivity contribution >= 4 is 11.9 Å². The number of likely N-dealkylation sites (tertiary alicyclic amines) is 1. The lowest BCUT2D eigenvalue weighted by molar-refractivity contribution is -0.152. The summed E-state index contributed by atoms with van der Waals surface area (Å²) in [6.45, 7) is 1.59. The Bertz CT molecular complexity index is 426. The van der Waals surface area contributed by atoms with Crippen LogP contribution in [0.15, 0.2) is 0 Å². The second kappa shape index (κ2) is 5.95. The average molecular weight is 294 g/mol. The van der Waals surface area contributed by atoms with Crippen molar-refractivity contribution in [3.63, 3.8) is 0 Å². The Morgan fingerprint density at radius 1 is 0.952 bits per heavy atom. The molecule has 3 aliphatic rings. The van der Waals surface area contributed by atoms with Crippen LogP contribution in [-0.2, 0) is 9.59 Å². The molecule has 2 aliphatic heterocycles. The zero-order valence-electron chi connectivity index (χ0n) is 12.8. The van der Waals surface area contributed by atoms with Gasteiger partial charge in [0.2, 0.25) is 5.91 Å². The van der Waals surface area contributed by atoms with Gasteiger partial charge >= 0.3 is 5.97 Å². The van der Waals surface area contributed by atoms with E-state index >= 15 is 0 Å². The summed E-state index contributed by atoms with van der Waals surface area (Å²) in [7, 11) is 2.16. The number of fused-ring (bicyclic) bond motifs is 2. The molecule has 0 spiro atoms. The quantitative estimate of drug-likeness (QED) is 0.840. The first-order valence-electron chi connectivity index (χ1n) is 8.31. The minimum absolute atomic E-state index is 0.100. The highest BCUT2D eigenvalue weighted by atomic mass is 16.4. The van der Waals surface area contributed by atoms with Crippen LogP contribution in [0.3, 0.4) is 0 Å². The topological polar surface area (TPSA) is 60.9 Å². The number of rotatable bonds is 2. The van der Waals surface area contributed by atoms with Gasteiger partial charge in [0.25, 0.3) is 0 Å². The van der Waals surface area contributed by atoms with Crippen LogP contribution in [0.5, 0.6) is 0 Å². The molecular weight excluding hydrogens is 268 g/mol. The molecule has 2 bridgehead atoms. The molecular formula is C16H26N2O3. The van der Waals surface area contributed by atoms with Crippen LogP contribution in [0.1, 0.15) is 44.9 Å². The number of aliphatic carboxylic acids is 1. The number of amides is 1. The van der Waals surface area contributed by atoms with Gasteiger partial charge in [0.1, 0.15) is 0 Å². The van der Waals surface area contributed by atoms with E-state index < -0.39 is 11.9 Å². The summed E-state index contributed by atoms with van der Waals surface area (Å²) in [5.41, 5.74) is 0. The Morgan fingerprint density at radius 3 is 2.33 bits per heavy atom. The van der Waals surface area contributed by atoms with Crippen molar-refractivity contribution in [1.82, 2.24) is 9.80 Å². The maximum Gasteiger partial charge on any atom is 0.307 e. The van der Waals surface area contributed by atoms with Gasteiger partial charge < -0.3 is 10.0 Å². The summed E-state index contributed by atoms with van der Waals surface area (Å²) in [6, 6.07) is 1.07. The molecule has 3 fully saturated rings. The molecule has 0 radical (unpaired) electrons. The minimum Gasteiger partial charge on any atom is -0.481 e. The second-order valence-electron chi connectivity index (χ2n) is 6.96. The van der Waals surface area contributed by atoms with E-state index in [1.165, 1.54) is 6.42 Å². The van der Waals surface area contributed by atoms with Gasteiger partial charge in [-0.25, -0.2) is 0 Å². The van der Waals surface area contributed by atoms with Crippen molar-refractivity contribution in [2.75, 3.05) is 20.1 Å². The predicted octanol–water partition coefficient (Wildman–Crippen LogP) is 1.57. The van der Waals surface area contributed by atoms with Crippen LogP contribution in [0.4, 0.5) is 0 Å². The molecule has 1 aliphatic carbocycles. The number of hydrogen-bond donors (Lipinski definition) is 1. The molecule has 0 aromatic rings. The molecule has 3 rings (SSSR count). The third kappa shape index (κ3) is 2.80. The van der Waals surface area contributed by atoms with Gasteiger partial charge in [-0.15, -0.1) is 0 Å². The number of hydrogen-bond acceptors (Lipinski definition) is 3. The van der Waals surface area contributed by atoms with Crippen LogP contribution in [0.2, 0.25) is 0 Å². The van der Waals surface area contributed by atoms with Crippen molar-refractivity contribution in [3.8, 4) is 0 Å². The summed E-state index contributed by atoms with van der Waals surface area (Å²) in [6.07, 6.45) is 6.77. The standard InChI is InChI=1S/C16H26N2O3/c1-17-11-6-7-12(17)10-18(9-8-11)15(19)13-4-2-3-5-14(13)16(20)21/h11-14H,2-10H2,1H3,(H,20,21). The zero-order chi connectivity index (χ0) is 15.0. The fourth-order valence-corrected chi connectivity index (χ4v) is 4.47. The number of carbonyl (C=O) groups is 2. The first-order chi connectivity index (χ1) is 10.1. The largest absolute Gasteiger partial charge is 0.481 e. The number of carboxylic acid groups (broad SMARTS) is 1. The lowest BCUT2D eigenvalue weighted by Gasteiger charge is -2.33. The molecule has 21 heavy (non-hydrogen) atoms. The van der Waals surface area contributed by atoms with Crippen LogP contribution in [-0.4, -0.2) is 59.0 Å². The first kappa shape index (κ1) is 14.8. The summed E-state index contributed by atoms with van der Waals surface area (Å²) >= 11 is 0. The molecule has 1 N–H and O–H groups in total. The van der Waals surface area contributed by atoms with E-state index in [2.05, 4.69) is 11.9 Å². The monoisotopic (exact) mass is 294 g/mol. The Balaban J connectivity index is 1.70. The molecule has 2 heterocycles. The number of carbonyl (C=O) groups excluding carboxylic acids is 1. The smallest absolute Gasteiger partial charge is 0.307 e. The van der Waals surface area contributed by atoms with Crippen molar-refractivity contribution in [2.24, 2.45) is 11.8 Å². The van der Waals surface area contributed by atoms with Crippen molar-refractivity contribution in [1.29, 1.82) is 0 Å². The average Bonchev–Trinajstić information content (AvgIpc) is 2.71. The Morgan fingerprint density at radius 2 is 1.62 bits per heavy atom. The van der Waals surface area contributed by atoms with Gasteiger partial charge in [-0.2, -0.15) is 0 Å². The van der Waals surface area contributed by atoms with Crippen LogP contribution in [0, 0.1) is 11.8 Å². The Kier molecular flexibility index (Phi) is 4.20. The van der Waals surface area contributed by atoms with Gasteiger partial charge in [-0.1, -0.05) is 12.8 Å². The second-order valence-corrected chi connectivity index (χ2v) is 6.96. The molecule has 1 saturated carbocycles. The van der Waals surface area contributed by atoms with Gasteiger partial charge in [-0.05, 0) is 39.2 Å². The Labute approximate surface area is 126 Å². The molecule has 2 saturated heterocycles. The maximum absolute atomic E-state index is 12.8. The summed E-state index contributed by atoms with van der Waals surface area (Å²) in [5.74, 6) is -1.45. The highest BCUT2D eigenvalue weighted by Gasteiger charge is 2.41. The SMILES string of the molecule is CN1C2CCC1CN(C(=O)C1CCCCC1C(=O)O)CC2. The van der Waals surface area contributed by atoms with Crippen molar-refractivity contribution in [2.45, 2.75) is 57.0 Å². The molecule has 0 aromatic heterocycles. The van der Waals surface area contributed by atoms with Crippen LogP contribution >= 0.6 is 0 Å². The third-order valence-electron chi connectivity index (χ3n) is 5.86. The number of carboxylic acids is 1. The normalized spacial score (nSPS) is 37.3. The molecule has 5 heteroatoms. The molecule has 0 aromatic carbocycles. The van der Waals surface area contributed by atoms with E-state index in [0.29, 0.717) is 18.5 Å². The van der Waals surface area contributed by atoms with Crippen molar-refractivity contribution in [3.05, 3.63) is 0 Å². The first-order valence-corrected chi connectivity index (χ1v) is 8.31. The van der Waals surface area contributed by atoms with Gasteiger partial charge in [-0.3, -0.25) is 14.5 Å². The Hall–Kier alpha value is -1.10. The fraction of sp³-hybridized carbons (Fsp3) is 0.875. The van der Waals surface area contributed by atoms with E-state index in [1.54, 1.807) is 0 Å². The van der Waals surface area contributed by atoms with Crippen molar-refractivity contribution < 1.29 is 14.7 Å². The molecule has 5 nitrogen and oxygen atoms in total. The van der Waals surface area contributed by atoms with E-state index in [1.807, 2.05) is 4.90 Å². The predicted molar refractivity (Wildman–Crippen MR) is 78.9 cm³/mol. The fourth-order valence-electron chi connectivity index (χ4n) is 4.47. The van der Waals surface area contributed by atoms with Gasteiger partial charge in [0, 0.05) is 25.2 Å². The zero-order valence-corrected chi connectivity index (χ0v) is 12.8. The third-order valence-corrected chi connectivity index (χ3v) is 5.86. The molecule has 118 valence electrons.